The zero-order valence-corrected chi connectivity index (χ0v) is 17.1. The van der Waals surface area contributed by atoms with Crippen LogP contribution in [0, 0.1) is 0 Å². The SMILES string of the molecule is O=S(=O)(Cc1cc(CO)cc(CO)c1)c1ccc(-c2ccc(Cl)cc2Cl)cc1. The van der Waals surface area contributed by atoms with Gasteiger partial charge in [0.15, 0.2) is 9.84 Å². The first-order valence-corrected chi connectivity index (χ1v) is 10.8. The molecule has 0 amide bonds. The summed E-state index contributed by atoms with van der Waals surface area (Å²) in [7, 11) is -3.60. The van der Waals surface area contributed by atoms with E-state index in [2.05, 4.69) is 0 Å². The van der Waals surface area contributed by atoms with Crippen molar-refractivity contribution >= 4 is 33.0 Å². The third-order valence-electron chi connectivity index (χ3n) is 4.29. The van der Waals surface area contributed by atoms with Crippen LogP contribution in [0.5, 0.6) is 0 Å². The molecule has 2 N–H and O–H groups in total. The maximum absolute atomic E-state index is 12.8. The summed E-state index contributed by atoms with van der Waals surface area (Å²) in [5, 5.41) is 19.7. The van der Waals surface area contributed by atoms with Gasteiger partial charge in [0.2, 0.25) is 0 Å². The minimum Gasteiger partial charge on any atom is -0.392 e. The van der Waals surface area contributed by atoms with Gasteiger partial charge < -0.3 is 10.2 Å². The van der Waals surface area contributed by atoms with Gasteiger partial charge in [-0.1, -0.05) is 59.6 Å². The zero-order chi connectivity index (χ0) is 20.3. The summed E-state index contributed by atoms with van der Waals surface area (Å²) >= 11 is 12.1. The summed E-state index contributed by atoms with van der Waals surface area (Å²) in [6.45, 7) is -0.450. The summed E-state index contributed by atoms with van der Waals surface area (Å²) < 4.78 is 25.6. The molecule has 7 heteroatoms. The Labute approximate surface area is 173 Å². The Morgan fingerprint density at radius 3 is 1.86 bits per heavy atom. The number of aliphatic hydroxyl groups is 2. The van der Waals surface area contributed by atoms with Gasteiger partial charge in [-0.05, 0) is 46.5 Å². The van der Waals surface area contributed by atoms with E-state index in [1.165, 1.54) is 0 Å². The van der Waals surface area contributed by atoms with Crippen LogP contribution >= 0.6 is 23.2 Å². The summed E-state index contributed by atoms with van der Waals surface area (Å²) in [5.41, 5.74) is 3.18. The van der Waals surface area contributed by atoms with Crippen molar-refractivity contribution < 1.29 is 18.6 Å². The third kappa shape index (κ3) is 4.74. The topological polar surface area (TPSA) is 74.6 Å². The molecular formula is C21H18Cl2O4S. The zero-order valence-electron chi connectivity index (χ0n) is 14.8. The van der Waals surface area contributed by atoms with Crippen molar-refractivity contribution in [2.45, 2.75) is 23.9 Å². The molecule has 0 aliphatic rings. The van der Waals surface area contributed by atoms with E-state index in [-0.39, 0.29) is 23.9 Å². The highest BCUT2D eigenvalue weighted by Gasteiger charge is 2.17. The predicted molar refractivity (Wildman–Crippen MR) is 111 cm³/mol. The number of benzene rings is 3. The van der Waals surface area contributed by atoms with Crippen molar-refractivity contribution in [3.63, 3.8) is 0 Å². The molecule has 0 saturated carbocycles. The van der Waals surface area contributed by atoms with Crippen molar-refractivity contribution in [1.82, 2.24) is 0 Å². The van der Waals surface area contributed by atoms with Crippen LogP contribution in [0.3, 0.4) is 0 Å². The van der Waals surface area contributed by atoms with Crippen LogP contribution in [-0.2, 0) is 28.8 Å². The lowest BCUT2D eigenvalue weighted by Crippen LogP contribution is -2.06. The lowest BCUT2D eigenvalue weighted by atomic mass is 10.1. The van der Waals surface area contributed by atoms with E-state index in [9.17, 15) is 18.6 Å². The highest BCUT2D eigenvalue weighted by molar-refractivity contribution is 7.90. The van der Waals surface area contributed by atoms with Crippen molar-refractivity contribution in [2.75, 3.05) is 0 Å². The predicted octanol–water partition coefficient (Wildman–Crippen LogP) is 4.62. The van der Waals surface area contributed by atoms with Crippen LogP contribution in [-0.4, -0.2) is 18.6 Å². The number of hydrogen-bond acceptors (Lipinski definition) is 4. The summed E-state index contributed by atoms with van der Waals surface area (Å²) in [5.74, 6) is -0.227. The van der Waals surface area contributed by atoms with Crippen LogP contribution in [0.2, 0.25) is 10.0 Å². The average Bonchev–Trinajstić information content (AvgIpc) is 2.67. The number of aliphatic hydroxyl groups excluding tert-OH is 2. The standard InChI is InChI=1S/C21H18Cl2O4S/c22-18-3-6-20(21(23)10-18)17-1-4-19(5-2-17)28(26,27)13-16-8-14(11-24)7-15(9-16)12-25/h1-10,24-25H,11-13H2. The summed E-state index contributed by atoms with van der Waals surface area (Å²) in [6.07, 6.45) is 0. The lowest BCUT2D eigenvalue weighted by Gasteiger charge is -2.10. The van der Waals surface area contributed by atoms with Gasteiger partial charge in [-0.3, -0.25) is 0 Å². The maximum atomic E-state index is 12.8. The largest absolute Gasteiger partial charge is 0.392 e. The fourth-order valence-electron chi connectivity index (χ4n) is 2.97. The molecule has 0 unspecified atom stereocenters. The maximum Gasteiger partial charge on any atom is 0.182 e. The van der Waals surface area contributed by atoms with Crippen LogP contribution in [0.25, 0.3) is 11.1 Å². The van der Waals surface area contributed by atoms with Gasteiger partial charge in [-0.15, -0.1) is 0 Å². The van der Waals surface area contributed by atoms with E-state index in [4.69, 9.17) is 23.2 Å². The quantitative estimate of drug-likeness (QED) is 0.590. The van der Waals surface area contributed by atoms with E-state index < -0.39 is 9.84 Å². The van der Waals surface area contributed by atoms with Crippen LogP contribution in [0.1, 0.15) is 16.7 Å². The first-order valence-electron chi connectivity index (χ1n) is 8.44. The minimum absolute atomic E-state index is 0.182. The van der Waals surface area contributed by atoms with Gasteiger partial charge in [0, 0.05) is 15.6 Å². The molecule has 28 heavy (non-hydrogen) atoms. The molecule has 3 aromatic rings. The molecule has 0 heterocycles. The molecule has 4 nitrogen and oxygen atoms in total. The van der Waals surface area contributed by atoms with Gasteiger partial charge in [0.05, 0.1) is 23.9 Å². The van der Waals surface area contributed by atoms with Gasteiger partial charge in [-0.2, -0.15) is 0 Å². The normalized spacial score (nSPS) is 11.6. The molecule has 146 valence electrons. The second-order valence-corrected chi connectivity index (χ2v) is 9.21. The Kier molecular flexibility index (Phi) is 6.43. The number of rotatable bonds is 6. The molecule has 3 rings (SSSR count). The molecule has 0 aliphatic heterocycles. The summed E-state index contributed by atoms with van der Waals surface area (Å²) in [4.78, 5) is 0.182. The van der Waals surface area contributed by atoms with Crippen molar-refractivity contribution in [3.8, 4) is 11.1 Å². The second-order valence-electron chi connectivity index (χ2n) is 6.38. The van der Waals surface area contributed by atoms with Gasteiger partial charge in [0.1, 0.15) is 0 Å². The third-order valence-corrected chi connectivity index (χ3v) is 6.54. The highest BCUT2D eigenvalue weighted by Crippen LogP contribution is 2.31. The van der Waals surface area contributed by atoms with Gasteiger partial charge >= 0.3 is 0 Å². The van der Waals surface area contributed by atoms with Crippen molar-refractivity contribution in [2.24, 2.45) is 0 Å². The van der Waals surface area contributed by atoms with E-state index >= 15 is 0 Å². The monoisotopic (exact) mass is 436 g/mol. The molecule has 0 bridgehead atoms. The van der Waals surface area contributed by atoms with E-state index in [1.807, 2.05) is 0 Å². The van der Waals surface area contributed by atoms with Gasteiger partial charge in [-0.25, -0.2) is 8.42 Å². The Bertz CT molecular complexity index is 1070. The Hall–Kier alpha value is -1.89. The van der Waals surface area contributed by atoms with Crippen LogP contribution in [0.15, 0.2) is 65.6 Å². The number of halogens is 2. The molecule has 0 atom stereocenters. The first-order chi connectivity index (χ1) is 13.3. The first kappa shape index (κ1) is 20.8. The second kappa shape index (κ2) is 8.64. The molecule has 0 aliphatic carbocycles. The van der Waals surface area contributed by atoms with Crippen LogP contribution < -0.4 is 0 Å². The molecule has 0 saturated heterocycles. The lowest BCUT2D eigenvalue weighted by molar-refractivity contribution is 0.275. The van der Waals surface area contributed by atoms with Crippen molar-refractivity contribution in [3.05, 3.63) is 87.4 Å². The molecule has 0 radical (unpaired) electrons. The highest BCUT2D eigenvalue weighted by atomic mass is 35.5. The van der Waals surface area contributed by atoms with Crippen LogP contribution in [0.4, 0.5) is 0 Å². The number of sulfone groups is 1. The molecular weight excluding hydrogens is 419 g/mol. The molecule has 0 aromatic heterocycles. The fraction of sp³-hybridized carbons (Fsp3) is 0.143. The van der Waals surface area contributed by atoms with E-state index in [0.717, 1.165) is 11.1 Å². The van der Waals surface area contributed by atoms with Gasteiger partial charge in [0.25, 0.3) is 0 Å². The average molecular weight is 437 g/mol. The fourth-order valence-corrected chi connectivity index (χ4v) is 4.81. The Morgan fingerprint density at radius 1 is 0.750 bits per heavy atom. The minimum atomic E-state index is -3.60. The number of hydrogen-bond donors (Lipinski definition) is 2. The molecule has 0 fully saturated rings. The Balaban J connectivity index is 1.88. The smallest absolute Gasteiger partial charge is 0.182 e. The Morgan fingerprint density at radius 2 is 1.32 bits per heavy atom. The molecule has 0 spiro atoms. The summed E-state index contributed by atoms with van der Waals surface area (Å²) in [6, 6.07) is 16.5. The van der Waals surface area contributed by atoms with Crippen molar-refractivity contribution in [1.29, 1.82) is 0 Å². The van der Waals surface area contributed by atoms with E-state index in [1.54, 1.807) is 60.7 Å². The molecule has 3 aromatic carbocycles. The van der Waals surface area contributed by atoms with E-state index in [0.29, 0.717) is 26.7 Å².